The van der Waals surface area contributed by atoms with Crippen LogP contribution in [0.4, 0.5) is 10.5 Å². The number of hydrogen-bond acceptors (Lipinski definition) is 5. The molecule has 8 nitrogen and oxygen atoms in total. The van der Waals surface area contributed by atoms with E-state index in [1.165, 1.54) is 0 Å². The zero-order valence-electron chi connectivity index (χ0n) is 14.9. The minimum Gasteiger partial charge on any atom is -0.378 e. The quantitative estimate of drug-likeness (QED) is 0.853. The van der Waals surface area contributed by atoms with Crippen molar-refractivity contribution in [2.75, 3.05) is 57.4 Å². The van der Waals surface area contributed by atoms with Gasteiger partial charge in [-0.3, -0.25) is 9.78 Å². The van der Waals surface area contributed by atoms with Crippen LogP contribution in [0.3, 0.4) is 0 Å². The number of hydrogen-bond donors (Lipinski definition) is 1. The number of anilines is 1. The number of rotatable bonds is 3. The molecule has 4 rings (SSSR count). The molecule has 3 amide bonds. The van der Waals surface area contributed by atoms with Crippen molar-refractivity contribution in [3.63, 3.8) is 0 Å². The summed E-state index contributed by atoms with van der Waals surface area (Å²) in [7, 11) is 0. The number of likely N-dealkylation sites (tertiary alicyclic amines) is 1. The van der Waals surface area contributed by atoms with E-state index in [1.807, 2.05) is 21.9 Å². The molecule has 3 fully saturated rings. The van der Waals surface area contributed by atoms with E-state index in [2.05, 4.69) is 15.2 Å². The summed E-state index contributed by atoms with van der Waals surface area (Å²) < 4.78 is 5.39. The van der Waals surface area contributed by atoms with Crippen LogP contribution >= 0.6 is 0 Å². The number of aromatic nitrogens is 1. The van der Waals surface area contributed by atoms with Crippen LogP contribution in [-0.2, 0) is 4.74 Å². The molecule has 4 heterocycles. The summed E-state index contributed by atoms with van der Waals surface area (Å²) in [5, 5.41) is 2.84. The van der Waals surface area contributed by atoms with Gasteiger partial charge in [-0.05, 0) is 25.0 Å². The first-order chi connectivity index (χ1) is 12.7. The van der Waals surface area contributed by atoms with E-state index < -0.39 is 0 Å². The van der Waals surface area contributed by atoms with E-state index in [1.54, 1.807) is 6.20 Å². The third kappa shape index (κ3) is 3.46. The standard InChI is InChI=1S/C18H25N5O3/c24-17(16-12-14(3-4-19-16)21-8-10-26-11-9-21)22-6-1-2-15(13-22)23-7-5-20-18(23)25/h3-4,12,15H,1-2,5-11,13H2,(H,20,25). The maximum absolute atomic E-state index is 13.0. The van der Waals surface area contributed by atoms with E-state index >= 15 is 0 Å². The van der Waals surface area contributed by atoms with Crippen LogP contribution in [0.15, 0.2) is 18.3 Å². The fraction of sp³-hybridized carbons (Fsp3) is 0.611. The van der Waals surface area contributed by atoms with Crippen molar-refractivity contribution in [2.24, 2.45) is 0 Å². The first-order valence-electron chi connectivity index (χ1n) is 9.35. The molecule has 0 saturated carbocycles. The first kappa shape index (κ1) is 17.1. The number of amides is 3. The zero-order chi connectivity index (χ0) is 17.9. The molecule has 0 radical (unpaired) electrons. The molecular formula is C18H25N5O3. The fourth-order valence-corrected chi connectivity index (χ4v) is 3.94. The lowest BCUT2D eigenvalue weighted by Crippen LogP contribution is -2.50. The summed E-state index contributed by atoms with van der Waals surface area (Å²) in [6, 6.07) is 3.89. The summed E-state index contributed by atoms with van der Waals surface area (Å²) in [6.45, 7) is 5.77. The van der Waals surface area contributed by atoms with E-state index in [0.29, 0.717) is 38.5 Å². The molecule has 140 valence electrons. The van der Waals surface area contributed by atoms with E-state index in [4.69, 9.17) is 4.74 Å². The van der Waals surface area contributed by atoms with Crippen molar-refractivity contribution in [3.05, 3.63) is 24.0 Å². The second-order valence-electron chi connectivity index (χ2n) is 6.97. The van der Waals surface area contributed by atoms with Gasteiger partial charge in [0.2, 0.25) is 0 Å². The van der Waals surface area contributed by atoms with E-state index in [-0.39, 0.29) is 18.0 Å². The fourth-order valence-electron chi connectivity index (χ4n) is 3.94. The average Bonchev–Trinajstić information content (AvgIpc) is 3.14. The molecule has 3 saturated heterocycles. The van der Waals surface area contributed by atoms with Crippen molar-refractivity contribution < 1.29 is 14.3 Å². The molecule has 0 aliphatic carbocycles. The normalized spacial score (nSPS) is 23.9. The SMILES string of the molecule is O=C(c1cc(N2CCOCC2)ccn1)N1CCCC(N2CCNC2=O)C1. The summed E-state index contributed by atoms with van der Waals surface area (Å²) in [6.07, 6.45) is 3.55. The molecule has 0 bridgehead atoms. The summed E-state index contributed by atoms with van der Waals surface area (Å²) >= 11 is 0. The molecular weight excluding hydrogens is 334 g/mol. The molecule has 1 aromatic rings. The minimum absolute atomic E-state index is 0.0169. The number of carbonyl (C=O) groups excluding carboxylic acids is 2. The predicted molar refractivity (Wildman–Crippen MR) is 96.3 cm³/mol. The Hall–Kier alpha value is -2.35. The number of nitrogens with one attached hydrogen (secondary N) is 1. The highest BCUT2D eigenvalue weighted by Gasteiger charge is 2.33. The summed E-state index contributed by atoms with van der Waals surface area (Å²) in [5.41, 5.74) is 1.49. The maximum Gasteiger partial charge on any atom is 0.317 e. The van der Waals surface area contributed by atoms with Gasteiger partial charge in [-0.1, -0.05) is 0 Å². The number of piperidine rings is 1. The molecule has 8 heteroatoms. The molecule has 1 unspecified atom stereocenters. The van der Waals surface area contributed by atoms with Crippen LogP contribution in [0, 0.1) is 0 Å². The van der Waals surface area contributed by atoms with Gasteiger partial charge in [-0.2, -0.15) is 0 Å². The number of urea groups is 1. The highest BCUT2D eigenvalue weighted by molar-refractivity contribution is 5.93. The smallest absolute Gasteiger partial charge is 0.317 e. The van der Waals surface area contributed by atoms with Crippen LogP contribution < -0.4 is 10.2 Å². The Morgan fingerprint density at radius 3 is 2.85 bits per heavy atom. The minimum atomic E-state index is -0.0515. The number of ether oxygens (including phenoxy) is 1. The Kier molecular flexibility index (Phi) is 4.92. The molecule has 0 spiro atoms. The van der Waals surface area contributed by atoms with Crippen molar-refractivity contribution in [1.82, 2.24) is 20.1 Å². The Morgan fingerprint density at radius 1 is 1.23 bits per heavy atom. The molecule has 3 aliphatic heterocycles. The third-order valence-electron chi connectivity index (χ3n) is 5.35. The Bertz CT molecular complexity index is 677. The second-order valence-corrected chi connectivity index (χ2v) is 6.97. The highest BCUT2D eigenvalue weighted by Crippen LogP contribution is 2.21. The lowest BCUT2D eigenvalue weighted by atomic mass is 10.0. The summed E-state index contributed by atoms with van der Waals surface area (Å²) in [5.74, 6) is -0.0515. The predicted octanol–water partition coefficient (Wildman–Crippen LogP) is 0.548. The van der Waals surface area contributed by atoms with Crippen LogP contribution in [0.5, 0.6) is 0 Å². The van der Waals surface area contributed by atoms with Crippen LogP contribution in [0.1, 0.15) is 23.3 Å². The first-order valence-corrected chi connectivity index (χ1v) is 9.35. The molecule has 1 aromatic heterocycles. The van der Waals surface area contributed by atoms with Gasteiger partial charge in [0, 0.05) is 51.2 Å². The van der Waals surface area contributed by atoms with Crippen molar-refractivity contribution in [2.45, 2.75) is 18.9 Å². The second kappa shape index (κ2) is 7.49. The Balaban J connectivity index is 1.45. The van der Waals surface area contributed by atoms with Gasteiger partial charge in [-0.25, -0.2) is 4.79 Å². The maximum atomic E-state index is 13.0. The summed E-state index contributed by atoms with van der Waals surface area (Å²) in [4.78, 5) is 35.1. The topological polar surface area (TPSA) is 78.0 Å². The van der Waals surface area contributed by atoms with Crippen LogP contribution in [0.25, 0.3) is 0 Å². The Labute approximate surface area is 153 Å². The van der Waals surface area contributed by atoms with Gasteiger partial charge in [0.1, 0.15) is 5.69 Å². The molecule has 3 aliphatic rings. The van der Waals surface area contributed by atoms with Crippen molar-refractivity contribution in [3.8, 4) is 0 Å². The zero-order valence-corrected chi connectivity index (χ0v) is 14.9. The average molecular weight is 359 g/mol. The number of nitrogens with zero attached hydrogens (tertiary/aromatic N) is 4. The van der Waals surface area contributed by atoms with Crippen molar-refractivity contribution in [1.29, 1.82) is 0 Å². The number of carbonyl (C=O) groups is 2. The largest absolute Gasteiger partial charge is 0.378 e. The van der Waals surface area contributed by atoms with Gasteiger partial charge < -0.3 is 24.8 Å². The van der Waals surface area contributed by atoms with Crippen LogP contribution in [0.2, 0.25) is 0 Å². The van der Waals surface area contributed by atoms with Gasteiger partial charge >= 0.3 is 6.03 Å². The van der Waals surface area contributed by atoms with Crippen molar-refractivity contribution >= 4 is 17.6 Å². The number of pyridine rings is 1. The van der Waals surface area contributed by atoms with Gasteiger partial charge in [-0.15, -0.1) is 0 Å². The monoisotopic (exact) mass is 359 g/mol. The van der Waals surface area contributed by atoms with E-state index in [0.717, 1.165) is 38.2 Å². The molecule has 1 atom stereocenters. The lowest BCUT2D eigenvalue weighted by Gasteiger charge is -2.37. The molecule has 0 aromatic carbocycles. The molecule has 26 heavy (non-hydrogen) atoms. The number of morpholine rings is 1. The lowest BCUT2D eigenvalue weighted by molar-refractivity contribution is 0.0629. The van der Waals surface area contributed by atoms with Gasteiger partial charge in [0.15, 0.2) is 0 Å². The Morgan fingerprint density at radius 2 is 2.08 bits per heavy atom. The third-order valence-corrected chi connectivity index (χ3v) is 5.35. The van der Waals surface area contributed by atoms with Gasteiger partial charge in [0.25, 0.3) is 5.91 Å². The highest BCUT2D eigenvalue weighted by atomic mass is 16.5. The molecule has 1 N–H and O–H groups in total. The van der Waals surface area contributed by atoms with Crippen LogP contribution in [-0.4, -0.2) is 85.2 Å². The van der Waals surface area contributed by atoms with E-state index in [9.17, 15) is 9.59 Å². The van der Waals surface area contributed by atoms with Gasteiger partial charge in [0.05, 0.1) is 19.3 Å².